The van der Waals surface area contributed by atoms with Crippen molar-refractivity contribution in [3.63, 3.8) is 0 Å². The molecule has 1 aliphatic rings. The fraction of sp³-hybridized carbons (Fsp3) is 0.0638. The first-order valence-corrected chi connectivity index (χ1v) is 17.5. The molecular weight excluding hydrogens is 621 g/mol. The second-order valence-electron chi connectivity index (χ2n) is 13.0. The van der Waals surface area contributed by atoms with Gasteiger partial charge in [0.2, 0.25) is 0 Å². The second kappa shape index (κ2) is 12.7. The van der Waals surface area contributed by atoms with E-state index >= 15 is 0 Å². The maximum atomic E-state index is 4.73. The number of para-hydroxylation sites is 1. The van der Waals surface area contributed by atoms with Crippen LogP contribution in [0.3, 0.4) is 0 Å². The lowest BCUT2D eigenvalue weighted by Gasteiger charge is -2.14. The Bertz CT molecular complexity index is 2630. The van der Waals surface area contributed by atoms with Crippen LogP contribution in [0, 0.1) is 0 Å². The normalized spacial score (nSPS) is 12.6. The van der Waals surface area contributed by atoms with Gasteiger partial charge in [0.15, 0.2) is 0 Å². The third-order valence-electron chi connectivity index (χ3n) is 10.0. The van der Waals surface area contributed by atoms with Gasteiger partial charge in [0.1, 0.15) is 0 Å². The highest BCUT2D eigenvalue weighted by Crippen LogP contribution is 2.39. The predicted molar refractivity (Wildman–Crippen MR) is 215 cm³/mol. The van der Waals surface area contributed by atoms with Crippen molar-refractivity contribution in [2.75, 3.05) is 0 Å². The smallest absolute Gasteiger partial charge is 0.0963 e. The Labute approximate surface area is 298 Å². The van der Waals surface area contributed by atoms with Crippen LogP contribution in [0.15, 0.2) is 157 Å². The zero-order valence-corrected chi connectivity index (χ0v) is 28.5. The lowest BCUT2D eigenvalue weighted by Crippen LogP contribution is -2.02. The lowest BCUT2D eigenvalue weighted by atomic mass is 9.96. The summed E-state index contributed by atoms with van der Waals surface area (Å²) in [6, 6.07) is 48.0. The first kappa shape index (κ1) is 30.5. The predicted octanol–water partition coefficient (Wildman–Crippen LogP) is 12.3. The number of aliphatic imine (C=N–C) groups is 1. The first-order valence-electron chi connectivity index (χ1n) is 17.5. The van der Waals surface area contributed by atoms with Crippen molar-refractivity contribution in [1.29, 1.82) is 0 Å². The molecule has 5 aromatic carbocycles. The van der Waals surface area contributed by atoms with Crippen LogP contribution in [0.1, 0.15) is 30.3 Å². The molecule has 8 aromatic rings. The van der Waals surface area contributed by atoms with Crippen molar-refractivity contribution in [3.8, 4) is 44.8 Å². The van der Waals surface area contributed by atoms with E-state index in [0.29, 0.717) is 0 Å². The Hall–Kier alpha value is -6.52. The van der Waals surface area contributed by atoms with Gasteiger partial charge in [-0.1, -0.05) is 91.0 Å². The Kier molecular flexibility index (Phi) is 7.63. The van der Waals surface area contributed by atoms with Crippen molar-refractivity contribution in [2.45, 2.75) is 19.8 Å². The molecule has 3 aromatic heterocycles. The van der Waals surface area contributed by atoms with Crippen molar-refractivity contribution in [1.82, 2.24) is 14.1 Å². The molecule has 9 rings (SSSR count). The summed E-state index contributed by atoms with van der Waals surface area (Å²) in [5.41, 5.74) is 17.1. The molecule has 0 amide bonds. The molecule has 1 aliphatic carbocycles. The van der Waals surface area contributed by atoms with Crippen LogP contribution in [0.2, 0.25) is 0 Å². The zero-order chi connectivity index (χ0) is 34.3. The summed E-state index contributed by atoms with van der Waals surface area (Å²) in [7, 11) is 0. The summed E-state index contributed by atoms with van der Waals surface area (Å²) in [5.74, 6) is 0. The number of fused-ring (bicyclic) bond motifs is 4. The summed E-state index contributed by atoms with van der Waals surface area (Å²) in [5, 5.41) is 1.16. The molecule has 0 saturated heterocycles. The average molecular weight is 657 g/mol. The highest BCUT2D eigenvalue weighted by atomic mass is 15.0. The van der Waals surface area contributed by atoms with E-state index in [-0.39, 0.29) is 0 Å². The van der Waals surface area contributed by atoms with Crippen LogP contribution < -0.4 is 0 Å². The summed E-state index contributed by atoms with van der Waals surface area (Å²) in [6.07, 6.45) is 12.6. The van der Waals surface area contributed by atoms with Crippen molar-refractivity contribution in [2.24, 2.45) is 4.99 Å². The van der Waals surface area contributed by atoms with Gasteiger partial charge in [0, 0.05) is 28.5 Å². The number of pyridine rings is 1. The molecule has 0 N–H and O–H groups in total. The lowest BCUT2D eigenvalue weighted by molar-refractivity contribution is 0.956. The Morgan fingerprint density at radius 3 is 1.88 bits per heavy atom. The molecule has 51 heavy (non-hydrogen) atoms. The summed E-state index contributed by atoms with van der Waals surface area (Å²) >= 11 is 0. The number of allylic oxidation sites excluding steroid dienone is 2. The Morgan fingerprint density at radius 2 is 1.24 bits per heavy atom. The van der Waals surface area contributed by atoms with Crippen LogP contribution in [0.25, 0.3) is 78.8 Å². The molecule has 0 spiro atoms. The number of rotatable bonds is 7. The van der Waals surface area contributed by atoms with Gasteiger partial charge < -0.3 is 9.13 Å². The minimum absolute atomic E-state index is 0.973. The Morgan fingerprint density at radius 1 is 0.647 bits per heavy atom. The van der Waals surface area contributed by atoms with E-state index in [1.165, 1.54) is 44.6 Å². The molecule has 0 bridgehead atoms. The highest BCUT2D eigenvalue weighted by molar-refractivity contribution is 6.07. The molecule has 0 radical (unpaired) electrons. The van der Waals surface area contributed by atoms with Crippen molar-refractivity contribution in [3.05, 3.63) is 169 Å². The number of benzene rings is 5. The van der Waals surface area contributed by atoms with Crippen LogP contribution in [0.4, 0.5) is 5.69 Å². The van der Waals surface area contributed by atoms with Gasteiger partial charge in [0.05, 0.1) is 33.6 Å². The molecule has 0 saturated carbocycles. The number of hydrogen-bond acceptors (Lipinski definition) is 2. The van der Waals surface area contributed by atoms with Crippen LogP contribution in [-0.4, -0.2) is 20.8 Å². The molecule has 0 fully saturated rings. The molecule has 244 valence electrons. The van der Waals surface area contributed by atoms with Gasteiger partial charge in [-0.15, -0.1) is 0 Å². The summed E-state index contributed by atoms with van der Waals surface area (Å²) in [4.78, 5) is 9.21. The molecule has 0 unspecified atom stereocenters. The van der Waals surface area contributed by atoms with E-state index in [1.807, 2.05) is 12.3 Å². The number of hydrogen-bond donors (Lipinski definition) is 0. The SMILES string of the molecule is C=Nc1c2c(n(-c3cccc(-c4cccc(-c5cccc(-c6cccc(-n7c8ccccc8c8ncccc87)c6)c5)c4)c3)c1/C=C\C)C=CCC2. The van der Waals surface area contributed by atoms with Gasteiger partial charge in [-0.3, -0.25) is 9.98 Å². The van der Waals surface area contributed by atoms with Gasteiger partial charge in [0.25, 0.3) is 0 Å². The van der Waals surface area contributed by atoms with Crippen molar-refractivity contribution >= 4 is 46.5 Å². The van der Waals surface area contributed by atoms with E-state index in [9.17, 15) is 0 Å². The Balaban J connectivity index is 1.08. The standard InChI is InChI=1S/C47H36N4/c1-3-13-44-46(48-2)40-22-4-6-24-42(40)50(44)38-20-10-18-36(30-38)34-16-8-14-32(28-34)33-15-9-17-35(29-33)37-19-11-21-39(31-37)51-43-25-7-5-23-41(43)47-45(51)26-12-27-49-47/h3,5-21,23-31H,2,4,22H2,1H3/b13-3-. The van der Waals surface area contributed by atoms with Crippen LogP contribution in [0.5, 0.6) is 0 Å². The molecule has 0 aliphatic heterocycles. The minimum Gasteiger partial charge on any atom is -0.308 e. The zero-order valence-electron chi connectivity index (χ0n) is 28.5. The maximum Gasteiger partial charge on any atom is 0.0963 e. The summed E-state index contributed by atoms with van der Waals surface area (Å²) in [6.45, 7) is 5.98. The van der Waals surface area contributed by atoms with E-state index in [0.717, 1.165) is 57.5 Å². The fourth-order valence-corrected chi connectivity index (χ4v) is 7.72. The maximum absolute atomic E-state index is 4.73. The third-order valence-corrected chi connectivity index (χ3v) is 10.0. The first-order chi connectivity index (χ1) is 25.2. The average Bonchev–Trinajstić information content (AvgIpc) is 3.70. The van der Waals surface area contributed by atoms with E-state index in [2.05, 4.69) is 179 Å². The van der Waals surface area contributed by atoms with E-state index in [1.54, 1.807) is 0 Å². The third kappa shape index (κ3) is 5.24. The van der Waals surface area contributed by atoms with Gasteiger partial charge in [-0.25, -0.2) is 0 Å². The molecule has 3 heterocycles. The number of aromatic nitrogens is 3. The van der Waals surface area contributed by atoms with Crippen LogP contribution in [-0.2, 0) is 6.42 Å². The largest absolute Gasteiger partial charge is 0.308 e. The van der Waals surface area contributed by atoms with Crippen LogP contribution >= 0.6 is 0 Å². The molecule has 4 heteroatoms. The van der Waals surface area contributed by atoms with E-state index in [4.69, 9.17) is 4.98 Å². The van der Waals surface area contributed by atoms with Gasteiger partial charge in [-0.05, 0) is 127 Å². The highest BCUT2D eigenvalue weighted by Gasteiger charge is 2.22. The fourth-order valence-electron chi connectivity index (χ4n) is 7.72. The van der Waals surface area contributed by atoms with E-state index < -0.39 is 0 Å². The van der Waals surface area contributed by atoms with Gasteiger partial charge >= 0.3 is 0 Å². The number of nitrogens with zero attached hydrogens (tertiary/aromatic N) is 4. The minimum atomic E-state index is 0.973. The monoisotopic (exact) mass is 656 g/mol. The van der Waals surface area contributed by atoms with Gasteiger partial charge in [-0.2, -0.15) is 0 Å². The molecule has 0 atom stereocenters. The molecular formula is C47H36N4. The molecule has 4 nitrogen and oxygen atoms in total. The van der Waals surface area contributed by atoms with Crippen molar-refractivity contribution < 1.29 is 0 Å². The second-order valence-corrected chi connectivity index (χ2v) is 13.0. The summed E-state index contributed by atoms with van der Waals surface area (Å²) < 4.78 is 4.65. The quantitative estimate of drug-likeness (QED) is 0.157. The topological polar surface area (TPSA) is 35.1 Å².